The fraction of sp³-hybridized carbons (Fsp3) is 0.800. The molecule has 2 rings (SSSR count). The molecule has 0 spiro atoms. The van der Waals surface area contributed by atoms with E-state index in [1.807, 2.05) is 6.92 Å². The summed E-state index contributed by atoms with van der Waals surface area (Å²) in [5, 5.41) is 7.19. The Hall–Kier alpha value is -0.900. The Morgan fingerprint density at radius 3 is 3.07 bits per heavy atom. The summed E-state index contributed by atoms with van der Waals surface area (Å²) < 4.78 is 0. The fourth-order valence-electron chi connectivity index (χ4n) is 2.01. The highest BCUT2D eigenvalue weighted by Crippen LogP contribution is 2.21. The van der Waals surface area contributed by atoms with Crippen molar-refractivity contribution >= 4 is 11.7 Å². The van der Waals surface area contributed by atoms with Crippen LogP contribution in [0.1, 0.15) is 26.2 Å². The van der Waals surface area contributed by atoms with Crippen LogP contribution in [0.5, 0.6) is 0 Å². The maximum Gasteiger partial charge on any atom is 0.343 e. The standard InChI is InChI=1S/C10H16N2O2/c1-7-9(12-14-10(7)13)5-8-3-2-4-11-6-8/h7-8,11H,2-6H2,1H3. The zero-order valence-corrected chi connectivity index (χ0v) is 8.45. The average Bonchev–Trinajstić information content (AvgIpc) is 2.52. The van der Waals surface area contributed by atoms with E-state index in [2.05, 4.69) is 15.3 Å². The zero-order chi connectivity index (χ0) is 9.97. The topological polar surface area (TPSA) is 50.7 Å². The molecule has 0 saturated carbocycles. The predicted molar refractivity (Wildman–Crippen MR) is 52.9 cm³/mol. The molecule has 0 aliphatic carbocycles. The van der Waals surface area contributed by atoms with Crippen LogP contribution in [-0.4, -0.2) is 24.8 Å². The highest BCUT2D eigenvalue weighted by Gasteiger charge is 2.30. The molecule has 0 bridgehead atoms. The molecule has 2 aliphatic rings. The molecule has 78 valence electrons. The van der Waals surface area contributed by atoms with Crippen molar-refractivity contribution in [1.82, 2.24) is 5.32 Å². The van der Waals surface area contributed by atoms with Gasteiger partial charge in [0.1, 0.15) is 0 Å². The smallest absolute Gasteiger partial charge is 0.318 e. The molecule has 2 aliphatic heterocycles. The lowest BCUT2D eigenvalue weighted by Crippen LogP contribution is -2.32. The highest BCUT2D eigenvalue weighted by molar-refractivity contribution is 6.04. The van der Waals surface area contributed by atoms with Gasteiger partial charge in [-0.05, 0) is 45.2 Å². The number of oxime groups is 1. The first-order valence-corrected chi connectivity index (χ1v) is 5.25. The van der Waals surface area contributed by atoms with Crippen molar-refractivity contribution in [3.8, 4) is 0 Å². The fourth-order valence-corrected chi connectivity index (χ4v) is 2.01. The van der Waals surface area contributed by atoms with Gasteiger partial charge in [-0.1, -0.05) is 5.16 Å². The number of nitrogens with zero attached hydrogens (tertiary/aromatic N) is 1. The normalized spacial score (nSPS) is 32.6. The van der Waals surface area contributed by atoms with Crippen LogP contribution in [0.4, 0.5) is 0 Å². The van der Waals surface area contributed by atoms with Crippen LogP contribution in [-0.2, 0) is 9.63 Å². The molecule has 1 fully saturated rings. The molecule has 4 nitrogen and oxygen atoms in total. The quantitative estimate of drug-likeness (QED) is 0.668. The zero-order valence-electron chi connectivity index (χ0n) is 8.45. The Balaban J connectivity index is 1.87. The van der Waals surface area contributed by atoms with Crippen molar-refractivity contribution in [3.63, 3.8) is 0 Å². The van der Waals surface area contributed by atoms with Gasteiger partial charge < -0.3 is 10.2 Å². The van der Waals surface area contributed by atoms with E-state index in [-0.39, 0.29) is 11.9 Å². The Bertz CT molecular complexity index is 257. The van der Waals surface area contributed by atoms with Crippen molar-refractivity contribution in [1.29, 1.82) is 0 Å². The van der Waals surface area contributed by atoms with Crippen LogP contribution in [0.3, 0.4) is 0 Å². The molecule has 0 radical (unpaired) electrons. The first-order chi connectivity index (χ1) is 6.77. The summed E-state index contributed by atoms with van der Waals surface area (Å²) in [5.41, 5.74) is 0.920. The summed E-state index contributed by atoms with van der Waals surface area (Å²) >= 11 is 0. The van der Waals surface area contributed by atoms with Crippen molar-refractivity contribution in [3.05, 3.63) is 0 Å². The van der Waals surface area contributed by atoms with E-state index in [1.165, 1.54) is 12.8 Å². The Kier molecular flexibility index (Phi) is 2.82. The van der Waals surface area contributed by atoms with E-state index >= 15 is 0 Å². The number of carbonyl (C=O) groups excluding carboxylic acids is 1. The summed E-state index contributed by atoms with van der Waals surface area (Å²) in [5.74, 6) is 0.292. The molecule has 0 aromatic heterocycles. The Morgan fingerprint density at radius 2 is 2.50 bits per heavy atom. The number of hydrogen-bond acceptors (Lipinski definition) is 4. The largest absolute Gasteiger partial charge is 0.343 e. The van der Waals surface area contributed by atoms with Gasteiger partial charge in [-0.25, -0.2) is 4.79 Å². The lowest BCUT2D eigenvalue weighted by atomic mass is 9.90. The number of carbonyl (C=O) groups is 1. The van der Waals surface area contributed by atoms with E-state index < -0.39 is 0 Å². The third kappa shape index (κ3) is 1.95. The van der Waals surface area contributed by atoms with E-state index in [1.54, 1.807) is 0 Å². The molecule has 2 atom stereocenters. The second-order valence-electron chi connectivity index (χ2n) is 4.13. The van der Waals surface area contributed by atoms with Crippen molar-refractivity contribution in [2.24, 2.45) is 17.0 Å². The summed E-state index contributed by atoms with van der Waals surface area (Å²) in [6, 6.07) is 0. The lowest BCUT2D eigenvalue weighted by molar-refractivity contribution is -0.142. The van der Waals surface area contributed by atoms with Crippen molar-refractivity contribution in [2.75, 3.05) is 13.1 Å². The van der Waals surface area contributed by atoms with Gasteiger partial charge in [-0.3, -0.25) is 0 Å². The number of rotatable bonds is 2. The van der Waals surface area contributed by atoms with Crippen molar-refractivity contribution < 1.29 is 9.63 Å². The van der Waals surface area contributed by atoms with Gasteiger partial charge in [0, 0.05) is 0 Å². The van der Waals surface area contributed by atoms with Crippen LogP contribution >= 0.6 is 0 Å². The molecule has 0 amide bonds. The van der Waals surface area contributed by atoms with Crippen LogP contribution in [0, 0.1) is 11.8 Å². The molecule has 2 heterocycles. The molecule has 0 aromatic carbocycles. The average molecular weight is 196 g/mol. The van der Waals surface area contributed by atoms with Gasteiger partial charge in [-0.2, -0.15) is 0 Å². The SMILES string of the molecule is CC1C(=O)ON=C1CC1CCCNC1. The second-order valence-corrected chi connectivity index (χ2v) is 4.13. The van der Waals surface area contributed by atoms with Crippen LogP contribution in [0.2, 0.25) is 0 Å². The molecular weight excluding hydrogens is 180 g/mol. The maximum atomic E-state index is 11.1. The predicted octanol–water partition coefficient (Wildman–Crippen LogP) is 0.925. The van der Waals surface area contributed by atoms with Gasteiger partial charge in [0.2, 0.25) is 0 Å². The van der Waals surface area contributed by atoms with Gasteiger partial charge in [0.05, 0.1) is 11.6 Å². The molecule has 0 aromatic rings. The molecule has 1 saturated heterocycles. The van der Waals surface area contributed by atoms with Gasteiger partial charge >= 0.3 is 5.97 Å². The van der Waals surface area contributed by atoms with Gasteiger partial charge in [0.15, 0.2) is 0 Å². The molecule has 14 heavy (non-hydrogen) atoms. The maximum absolute atomic E-state index is 11.1. The van der Waals surface area contributed by atoms with Crippen LogP contribution in [0.25, 0.3) is 0 Å². The minimum absolute atomic E-state index is 0.128. The van der Waals surface area contributed by atoms with Gasteiger partial charge in [0.25, 0.3) is 0 Å². The molecule has 4 heteroatoms. The van der Waals surface area contributed by atoms with Crippen LogP contribution in [0.15, 0.2) is 5.16 Å². The van der Waals surface area contributed by atoms with Gasteiger partial charge in [-0.15, -0.1) is 0 Å². The van der Waals surface area contributed by atoms with Crippen molar-refractivity contribution in [2.45, 2.75) is 26.2 Å². The monoisotopic (exact) mass is 196 g/mol. The van der Waals surface area contributed by atoms with E-state index in [4.69, 9.17) is 0 Å². The summed E-state index contributed by atoms with van der Waals surface area (Å²) in [6.07, 6.45) is 3.36. The molecule has 2 unspecified atom stereocenters. The van der Waals surface area contributed by atoms with Crippen LogP contribution < -0.4 is 5.32 Å². The third-order valence-corrected chi connectivity index (χ3v) is 3.00. The third-order valence-electron chi connectivity index (χ3n) is 3.00. The number of piperidine rings is 1. The Labute approximate surface area is 83.7 Å². The number of hydrogen-bond donors (Lipinski definition) is 1. The highest BCUT2D eigenvalue weighted by atomic mass is 16.7. The first kappa shape index (κ1) is 9.65. The lowest BCUT2D eigenvalue weighted by Gasteiger charge is -2.22. The molecular formula is C10H16N2O2. The minimum Gasteiger partial charge on any atom is -0.318 e. The molecule has 1 N–H and O–H groups in total. The van der Waals surface area contributed by atoms with E-state index in [9.17, 15) is 4.79 Å². The van der Waals surface area contributed by atoms with E-state index in [0.29, 0.717) is 5.92 Å². The van der Waals surface area contributed by atoms with E-state index in [0.717, 1.165) is 25.2 Å². The summed E-state index contributed by atoms with van der Waals surface area (Å²) in [4.78, 5) is 15.7. The first-order valence-electron chi connectivity index (χ1n) is 5.25. The number of nitrogens with one attached hydrogen (secondary N) is 1. The summed E-state index contributed by atoms with van der Waals surface area (Å²) in [7, 11) is 0. The minimum atomic E-state index is -0.205. The Morgan fingerprint density at radius 1 is 1.64 bits per heavy atom. The second kappa shape index (κ2) is 4.09. The summed E-state index contributed by atoms with van der Waals surface area (Å²) in [6.45, 7) is 4.03.